The molecule has 1 saturated heterocycles. The number of hydrogen-bond donors (Lipinski definition) is 0. The van der Waals surface area contributed by atoms with Crippen molar-refractivity contribution in [2.75, 3.05) is 26.2 Å². The van der Waals surface area contributed by atoms with Crippen LogP contribution in [0.5, 0.6) is 0 Å². The van der Waals surface area contributed by atoms with Gasteiger partial charge >= 0.3 is 0 Å². The van der Waals surface area contributed by atoms with Gasteiger partial charge in [0.2, 0.25) is 5.91 Å². The van der Waals surface area contributed by atoms with Crippen molar-refractivity contribution in [1.82, 2.24) is 14.8 Å². The second-order valence-electron chi connectivity index (χ2n) is 6.16. The van der Waals surface area contributed by atoms with Crippen LogP contribution in [0.3, 0.4) is 0 Å². The van der Waals surface area contributed by atoms with Gasteiger partial charge in [0.15, 0.2) is 11.6 Å². The van der Waals surface area contributed by atoms with Gasteiger partial charge in [0, 0.05) is 50.6 Å². The van der Waals surface area contributed by atoms with Crippen LogP contribution < -0.4 is 0 Å². The minimum atomic E-state index is -1.04. The van der Waals surface area contributed by atoms with Gasteiger partial charge in [0.05, 0.1) is 0 Å². The second-order valence-corrected chi connectivity index (χ2v) is 6.16. The number of aromatic nitrogens is 1. The number of rotatable bonds is 4. The van der Waals surface area contributed by atoms with Gasteiger partial charge in [-0.3, -0.25) is 14.6 Å². The summed E-state index contributed by atoms with van der Waals surface area (Å²) in [6.45, 7) is 1.61. The lowest BCUT2D eigenvalue weighted by Crippen LogP contribution is -2.50. The third-order valence-corrected chi connectivity index (χ3v) is 4.44. The van der Waals surface area contributed by atoms with Crippen LogP contribution >= 0.6 is 0 Å². The first-order chi connectivity index (χ1) is 12.5. The molecule has 2 heterocycles. The number of carbonyl (C=O) groups is 2. The number of aryl methyl sites for hydroxylation is 1. The molecule has 0 atom stereocenters. The first-order valence-electron chi connectivity index (χ1n) is 8.45. The van der Waals surface area contributed by atoms with Gasteiger partial charge < -0.3 is 9.80 Å². The van der Waals surface area contributed by atoms with Crippen molar-refractivity contribution < 1.29 is 18.4 Å². The van der Waals surface area contributed by atoms with E-state index in [1.54, 1.807) is 22.2 Å². The summed E-state index contributed by atoms with van der Waals surface area (Å²) in [4.78, 5) is 32.0. The first-order valence-corrected chi connectivity index (χ1v) is 8.45. The maximum Gasteiger partial charge on any atom is 0.254 e. The topological polar surface area (TPSA) is 53.5 Å². The van der Waals surface area contributed by atoms with Gasteiger partial charge in [-0.1, -0.05) is 6.07 Å². The molecule has 0 radical (unpaired) electrons. The largest absolute Gasteiger partial charge is 0.339 e. The Hall–Kier alpha value is -2.83. The van der Waals surface area contributed by atoms with E-state index < -0.39 is 11.6 Å². The van der Waals surface area contributed by atoms with Crippen LogP contribution in [0.25, 0.3) is 0 Å². The third-order valence-electron chi connectivity index (χ3n) is 4.44. The summed E-state index contributed by atoms with van der Waals surface area (Å²) in [5.41, 5.74) is 1.12. The van der Waals surface area contributed by atoms with Crippen LogP contribution in [0.15, 0.2) is 42.7 Å². The predicted octanol–water partition coefficient (Wildman–Crippen LogP) is 2.28. The quantitative estimate of drug-likeness (QED) is 0.842. The van der Waals surface area contributed by atoms with Crippen LogP contribution in [0.4, 0.5) is 8.78 Å². The van der Waals surface area contributed by atoms with E-state index in [4.69, 9.17) is 0 Å². The highest BCUT2D eigenvalue weighted by molar-refractivity contribution is 5.94. The molecule has 0 saturated carbocycles. The summed E-state index contributed by atoms with van der Waals surface area (Å²) < 4.78 is 26.3. The minimum Gasteiger partial charge on any atom is -0.339 e. The van der Waals surface area contributed by atoms with Crippen molar-refractivity contribution >= 4 is 11.8 Å². The molecule has 1 aliphatic heterocycles. The Morgan fingerprint density at radius 3 is 2.38 bits per heavy atom. The van der Waals surface area contributed by atoms with E-state index in [0.717, 1.165) is 17.7 Å². The van der Waals surface area contributed by atoms with E-state index in [2.05, 4.69) is 4.98 Å². The Kier molecular flexibility index (Phi) is 5.55. The van der Waals surface area contributed by atoms with E-state index in [1.807, 2.05) is 12.1 Å². The molecule has 1 fully saturated rings. The highest BCUT2D eigenvalue weighted by atomic mass is 19.2. The van der Waals surface area contributed by atoms with Crippen molar-refractivity contribution in [3.63, 3.8) is 0 Å². The number of benzene rings is 1. The van der Waals surface area contributed by atoms with Crippen LogP contribution in [-0.4, -0.2) is 52.8 Å². The lowest BCUT2D eigenvalue weighted by atomic mass is 10.1. The Morgan fingerprint density at radius 2 is 1.73 bits per heavy atom. The smallest absolute Gasteiger partial charge is 0.254 e. The molecule has 2 amide bonds. The molecule has 3 rings (SSSR count). The van der Waals surface area contributed by atoms with Gasteiger partial charge in [-0.2, -0.15) is 0 Å². The second kappa shape index (κ2) is 8.03. The minimum absolute atomic E-state index is 0.0359. The normalized spacial score (nSPS) is 14.4. The standard InChI is InChI=1S/C19H19F2N3O2/c20-16-5-4-15(12-17(16)21)19(26)24-10-8-23(9-11-24)18(25)6-3-14-2-1-7-22-13-14/h1-2,4-5,7,12-13H,3,6,8-11H2. The lowest BCUT2D eigenvalue weighted by molar-refractivity contribution is -0.132. The van der Waals surface area contributed by atoms with Gasteiger partial charge in [-0.25, -0.2) is 8.78 Å². The molecular weight excluding hydrogens is 340 g/mol. The zero-order chi connectivity index (χ0) is 18.5. The van der Waals surface area contributed by atoms with Crippen molar-refractivity contribution in [2.45, 2.75) is 12.8 Å². The zero-order valence-electron chi connectivity index (χ0n) is 14.2. The molecule has 136 valence electrons. The van der Waals surface area contributed by atoms with Gasteiger partial charge in [-0.15, -0.1) is 0 Å². The third kappa shape index (κ3) is 4.22. The number of nitrogens with zero attached hydrogens (tertiary/aromatic N) is 3. The van der Waals surface area contributed by atoms with Crippen LogP contribution in [0.2, 0.25) is 0 Å². The number of hydrogen-bond acceptors (Lipinski definition) is 3. The number of carbonyl (C=O) groups excluding carboxylic acids is 2. The van der Waals surface area contributed by atoms with E-state index in [0.29, 0.717) is 39.0 Å². The molecule has 1 aromatic carbocycles. The number of piperazine rings is 1. The lowest BCUT2D eigenvalue weighted by Gasteiger charge is -2.35. The van der Waals surface area contributed by atoms with Gasteiger partial charge in [0.1, 0.15) is 0 Å². The highest BCUT2D eigenvalue weighted by Crippen LogP contribution is 2.14. The van der Waals surface area contributed by atoms with E-state index in [9.17, 15) is 18.4 Å². The molecule has 0 spiro atoms. The molecule has 0 unspecified atom stereocenters. The van der Waals surface area contributed by atoms with E-state index in [1.165, 1.54) is 6.07 Å². The summed E-state index contributed by atoms with van der Waals surface area (Å²) >= 11 is 0. The average Bonchev–Trinajstić information content (AvgIpc) is 2.68. The van der Waals surface area contributed by atoms with E-state index >= 15 is 0 Å². The summed E-state index contributed by atoms with van der Waals surface area (Å²) in [7, 11) is 0. The zero-order valence-corrected chi connectivity index (χ0v) is 14.2. The fraction of sp³-hybridized carbons (Fsp3) is 0.316. The molecule has 5 nitrogen and oxygen atoms in total. The van der Waals surface area contributed by atoms with Crippen molar-refractivity contribution in [2.24, 2.45) is 0 Å². The van der Waals surface area contributed by atoms with Crippen LogP contribution in [-0.2, 0) is 11.2 Å². The summed E-state index contributed by atoms with van der Waals surface area (Å²) in [6.07, 6.45) is 4.45. The van der Waals surface area contributed by atoms with Crippen molar-refractivity contribution in [3.05, 3.63) is 65.5 Å². The highest BCUT2D eigenvalue weighted by Gasteiger charge is 2.25. The van der Waals surface area contributed by atoms with Gasteiger partial charge in [-0.05, 0) is 36.2 Å². The molecule has 7 heteroatoms. The Balaban J connectivity index is 1.51. The summed E-state index contributed by atoms with van der Waals surface area (Å²) in [5.74, 6) is -2.34. The molecular formula is C19H19F2N3O2. The molecule has 0 bridgehead atoms. The Morgan fingerprint density at radius 1 is 1.00 bits per heavy atom. The summed E-state index contributed by atoms with van der Waals surface area (Å²) in [5, 5.41) is 0. The molecule has 2 aromatic rings. The number of pyridine rings is 1. The first kappa shape index (κ1) is 18.0. The molecule has 1 aromatic heterocycles. The monoisotopic (exact) mass is 359 g/mol. The van der Waals surface area contributed by atoms with Gasteiger partial charge in [0.25, 0.3) is 5.91 Å². The average molecular weight is 359 g/mol. The Labute approximate surface area is 150 Å². The van der Waals surface area contributed by atoms with Crippen LogP contribution in [0, 0.1) is 11.6 Å². The van der Waals surface area contributed by atoms with E-state index in [-0.39, 0.29) is 17.4 Å². The molecule has 26 heavy (non-hydrogen) atoms. The maximum atomic E-state index is 13.3. The van der Waals surface area contributed by atoms with Crippen LogP contribution in [0.1, 0.15) is 22.3 Å². The predicted molar refractivity (Wildman–Crippen MR) is 91.4 cm³/mol. The fourth-order valence-electron chi connectivity index (χ4n) is 2.93. The maximum absolute atomic E-state index is 13.3. The SMILES string of the molecule is O=C(CCc1cccnc1)N1CCN(C(=O)c2ccc(F)c(F)c2)CC1. The Bertz CT molecular complexity index is 791. The summed E-state index contributed by atoms with van der Waals surface area (Å²) in [6, 6.07) is 6.89. The van der Waals surface area contributed by atoms with Crippen molar-refractivity contribution in [3.8, 4) is 0 Å². The molecule has 0 N–H and O–H groups in total. The number of amides is 2. The molecule has 1 aliphatic rings. The van der Waals surface area contributed by atoms with Crippen molar-refractivity contribution in [1.29, 1.82) is 0 Å². The fourth-order valence-corrected chi connectivity index (χ4v) is 2.93. The number of halogens is 2. The molecule has 0 aliphatic carbocycles.